The van der Waals surface area contributed by atoms with Crippen LogP contribution in [0.25, 0.3) is 11.2 Å². The number of fused-ring (bicyclic) bond motifs is 1. The molecule has 0 bridgehead atoms. The molecule has 19 heavy (non-hydrogen) atoms. The lowest BCUT2D eigenvalue weighted by Gasteiger charge is -2.06. The van der Waals surface area contributed by atoms with E-state index in [1.54, 1.807) is 18.5 Å². The van der Waals surface area contributed by atoms with Gasteiger partial charge in [0.25, 0.3) is 0 Å². The van der Waals surface area contributed by atoms with E-state index in [1.165, 1.54) is 6.07 Å². The summed E-state index contributed by atoms with van der Waals surface area (Å²) in [5.74, 6) is -0.252. The summed E-state index contributed by atoms with van der Waals surface area (Å²) in [7, 11) is 0. The third-order valence-corrected chi connectivity index (χ3v) is 3.51. The zero-order valence-corrected chi connectivity index (χ0v) is 12.0. The molecule has 3 rings (SSSR count). The van der Waals surface area contributed by atoms with Crippen LogP contribution in [0.3, 0.4) is 0 Å². The Bertz CT molecular complexity index is 757. The van der Waals surface area contributed by atoms with Crippen LogP contribution in [-0.4, -0.2) is 14.5 Å². The monoisotopic (exact) mass is 339 g/mol. The standard InChI is InChI=1S/C13H8BrClFN3/c14-9-2-1-8(10(16)5-9)6-19-7-17-13-11(19)3-4-12(15)18-13/h1-5,7H,6H2. The fourth-order valence-electron chi connectivity index (χ4n) is 1.88. The average molecular weight is 341 g/mol. The summed E-state index contributed by atoms with van der Waals surface area (Å²) in [6, 6.07) is 8.53. The average Bonchev–Trinajstić information content (AvgIpc) is 2.75. The Balaban J connectivity index is 2.01. The van der Waals surface area contributed by atoms with E-state index in [4.69, 9.17) is 11.6 Å². The minimum atomic E-state index is -0.252. The molecule has 0 spiro atoms. The molecule has 3 nitrogen and oxygen atoms in total. The van der Waals surface area contributed by atoms with Crippen molar-refractivity contribution in [2.24, 2.45) is 0 Å². The number of hydrogen-bond acceptors (Lipinski definition) is 2. The molecule has 6 heteroatoms. The maximum atomic E-state index is 13.8. The SMILES string of the molecule is Fc1cc(Br)ccc1Cn1cnc2nc(Cl)ccc21. The van der Waals surface area contributed by atoms with Crippen LogP contribution in [-0.2, 0) is 6.54 Å². The molecular weight excluding hydrogens is 333 g/mol. The predicted molar refractivity (Wildman–Crippen MR) is 75.7 cm³/mol. The summed E-state index contributed by atoms with van der Waals surface area (Å²) in [5, 5.41) is 0.396. The summed E-state index contributed by atoms with van der Waals surface area (Å²) in [5.41, 5.74) is 1.98. The number of aromatic nitrogens is 3. The van der Waals surface area contributed by atoms with Crippen molar-refractivity contribution in [3.8, 4) is 0 Å². The lowest BCUT2D eigenvalue weighted by atomic mass is 10.2. The molecule has 96 valence electrons. The first-order valence-electron chi connectivity index (χ1n) is 5.55. The normalized spacial score (nSPS) is 11.1. The van der Waals surface area contributed by atoms with Gasteiger partial charge in [-0.15, -0.1) is 0 Å². The zero-order chi connectivity index (χ0) is 13.4. The fraction of sp³-hybridized carbons (Fsp3) is 0.0769. The highest BCUT2D eigenvalue weighted by atomic mass is 79.9. The molecule has 1 aromatic carbocycles. The van der Waals surface area contributed by atoms with Gasteiger partial charge in [-0.05, 0) is 24.3 Å². The molecule has 0 fully saturated rings. The molecule has 0 N–H and O–H groups in total. The van der Waals surface area contributed by atoms with E-state index in [-0.39, 0.29) is 5.82 Å². The van der Waals surface area contributed by atoms with Crippen LogP contribution in [0.15, 0.2) is 41.1 Å². The maximum Gasteiger partial charge on any atom is 0.179 e. The largest absolute Gasteiger partial charge is 0.325 e. The Morgan fingerprint density at radius 2 is 2.11 bits per heavy atom. The molecule has 0 aliphatic rings. The van der Waals surface area contributed by atoms with Gasteiger partial charge in [-0.2, -0.15) is 0 Å². The predicted octanol–water partition coefficient (Wildman–Crippen LogP) is 4.03. The highest BCUT2D eigenvalue weighted by Gasteiger charge is 2.08. The summed E-state index contributed by atoms with van der Waals surface area (Å²) in [6.45, 7) is 0.402. The molecule has 2 aromatic heterocycles. The number of benzene rings is 1. The first-order valence-corrected chi connectivity index (χ1v) is 6.72. The second-order valence-electron chi connectivity index (χ2n) is 4.08. The second kappa shape index (κ2) is 4.90. The van der Waals surface area contributed by atoms with Crippen molar-refractivity contribution in [1.82, 2.24) is 14.5 Å². The lowest BCUT2D eigenvalue weighted by molar-refractivity contribution is 0.600. The number of imidazole rings is 1. The van der Waals surface area contributed by atoms with Crippen molar-refractivity contribution < 1.29 is 4.39 Å². The molecule has 0 unspecified atom stereocenters. The van der Waals surface area contributed by atoms with Gasteiger partial charge in [-0.3, -0.25) is 0 Å². The van der Waals surface area contributed by atoms with Crippen LogP contribution in [0.5, 0.6) is 0 Å². The Morgan fingerprint density at radius 1 is 1.26 bits per heavy atom. The second-order valence-corrected chi connectivity index (χ2v) is 5.39. The number of hydrogen-bond donors (Lipinski definition) is 0. The van der Waals surface area contributed by atoms with E-state index in [2.05, 4.69) is 25.9 Å². The smallest absolute Gasteiger partial charge is 0.179 e. The number of nitrogens with zero attached hydrogens (tertiary/aromatic N) is 3. The molecule has 0 aliphatic carbocycles. The summed E-state index contributed by atoms with van der Waals surface area (Å²) >= 11 is 9.04. The molecule has 3 aromatic rings. The third kappa shape index (κ3) is 2.48. The summed E-state index contributed by atoms with van der Waals surface area (Å²) < 4.78 is 16.4. The van der Waals surface area contributed by atoms with Crippen LogP contribution >= 0.6 is 27.5 Å². The van der Waals surface area contributed by atoms with Crippen molar-refractivity contribution in [3.05, 3.63) is 57.7 Å². The van der Waals surface area contributed by atoms with Crippen molar-refractivity contribution in [2.45, 2.75) is 6.54 Å². The maximum absolute atomic E-state index is 13.8. The van der Waals surface area contributed by atoms with Crippen LogP contribution in [0.2, 0.25) is 5.15 Å². The molecule has 0 saturated carbocycles. The van der Waals surface area contributed by atoms with E-state index >= 15 is 0 Å². The number of halogens is 3. The molecule has 0 saturated heterocycles. The molecule has 0 radical (unpaired) electrons. The van der Waals surface area contributed by atoms with Gasteiger partial charge in [0.1, 0.15) is 11.0 Å². The van der Waals surface area contributed by atoms with Crippen molar-refractivity contribution >= 4 is 38.7 Å². The van der Waals surface area contributed by atoms with E-state index in [9.17, 15) is 4.39 Å². The molecule has 0 atom stereocenters. The zero-order valence-electron chi connectivity index (χ0n) is 9.65. The molecule has 0 amide bonds. The van der Waals surface area contributed by atoms with Gasteiger partial charge in [-0.25, -0.2) is 14.4 Å². The van der Waals surface area contributed by atoms with Gasteiger partial charge in [0.15, 0.2) is 5.65 Å². The fourth-order valence-corrected chi connectivity index (χ4v) is 2.36. The van der Waals surface area contributed by atoms with Gasteiger partial charge in [-0.1, -0.05) is 33.6 Å². The Morgan fingerprint density at radius 3 is 2.89 bits per heavy atom. The van der Waals surface area contributed by atoms with Crippen molar-refractivity contribution in [2.75, 3.05) is 0 Å². The van der Waals surface area contributed by atoms with E-state index < -0.39 is 0 Å². The van der Waals surface area contributed by atoms with Gasteiger partial charge < -0.3 is 4.57 Å². The first-order chi connectivity index (χ1) is 9.13. The van der Waals surface area contributed by atoms with Crippen molar-refractivity contribution in [1.29, 1.82) is 0 Å². The van der Waals surface area contributed by atoms with E-state index in [0.29, 0.717) is 22.9 Å². The third-order valence-electron chi connectivity index (χ3n) is 2.81. The van der Waals surface area contributed by atoms with Crippen LogP contribution in [0.1, 0.15) is 5.56 Å². The van der Waals surface area contributed by atoms with Crippen LogP contribution in [0.4, 0.5) is 4.39 Å². The Kier molecular flexibility index (Phi) is 3.24. The highest BCUT2D eigenvalue weighted by molar-refractivity contribution is 9.10. The van der Waals surface area contributed by atoms with E-state index in [0.717, 1.165) is 9.99 Å². The van der Waals surface area contributed by atoms with Gasteiger partial charge >= 0.3 is 0 Å². The lowest BCUT2D eigenvalue weighted by Crippen LogP contribution is -2.00. The van der Waals surface area contributed by atoms with Crippen molar-refractivity contribution in [3.63, 3.8) is 0 Å². The van der Waals surface area contributed by atoms with Gasteiger partial charge in [0.05, 0.1) is 18.4 Å². The summed E-state index contributed by atoms with van der Waals surface area (Å²) in [6.07, 6.45) is 1.63. The molecule has 2 heterocycles. The Labute approximate surface area is 122 Å². The minimum absolute atomic E-state index is 0.252. The number of pyridine rings is 1. The Hall–Kier alpha value is -1.46. The van der Waals surface area contributed by atoms with Gasteiger partial charge in [0, 0.05) is 10.0 Å². The van der Waals surface area contributed by atoms with Crippen LogP contribution in [0, 0.1) is 5.82 Å². The number of rotatable bonds is 2. The molecular formula is C13H8BrClFN3. The van der Waals surface area contributed by atoms with Crippen LogP contribution < -0.4 is 0 Å². The van der Waals surface area contributed by atoms with E-state index in [1.807, 2.05) is 16.7 Å². The highest BCUT2D eigenvalue weighted by Crippen LogP contribution is 2.19. The minimum Gasteiger partial charge on any atom is -0.325 e. The van der Waals surface area contributed by atoms with Gasteiger partial charge in [0.2, 0.25) is 0 Å². The summed E-state index contributed by atoms with van der Waals surface area (Å²) in [4.78, 5) is 8.27. The molecule has 0 aliphatic heterocycles. The first kappa shape index (κ1) is 12.6. The topological polar surface area (TPSA) is 30.7 Å². The quantitative estimate of drug-likeness (QED) is 0.659.